The number of nitrogens with two attached hydrogens (primary N) is 1. The third-order valence-corrected chi connectivity index (χ3v) is 1.40. The molecule has 0 radical (unpaired) electrons. The Hall–Kier alpha value is -2.02. The number of benzene rings is 1. The summed E-state index contributed by atoms with van der Waals surface area (Å²) in [5.41, 5.74) is 6.87. The second kappa shape index (κ2) is 3.39. The SMILES string of the molecule is N#Cc1ccc(N)c(NC=O)c1. The number of nitrogens with zero attached hydrogens (tertiary/aromatic N) is 1. The molecule has 0 spiro atoms. The first-order valence-electron chi connectivity index (χ1n) is 3.27. The van der Waals surface area contributed by atoms with Crippen molar-refractivity contribution < 1.29 is 4.79 Å². The molecular weight excluding hydrogens is 154 g/mol. The van der Waals surface area contributed by atoms with Gasteiger partial charge in [-0.15, -0.1) is 0 Å². The number of carbonyl (C=O) groups is 1. The van der Waals surface area contributed by atoms with Gasteiger partial charge in [-0.05, 0) is 18.2 Å². The molecule has 0 fully saturated rings. The van der Waals surface area contributed by atoms with Gasteiger partial charge in [0.15, 0.2) is 0 Å². The van der Waals surface area contributed by atoms with Crippen molar-refractivity contribution in [3.8, 4) is 6.07 Å². The fourth-order valence-electron chi connectivity index (χ4n) is 0.814. The fraction of sp³-hybridized carbons (Fsp3) is 0. The van der Waals surface area contributed by atoms with Crippen molar-refractivity contribution in [1.82, 2.24) is 0 Å². The van der Waals surface area contributed by atoms with Crippen LogP contribution in [0.25, 0.3) is 0 Å². The normalized spacial score (nSPS) is 8.58. The minimum absolute atomic E-state index is 0.445. The molecule has 0 heterocycles. The lowest BCUT2D eigenvalue weighted by atomic mass is 10.2. The first kappa shape index (κ1) is 8.08. The molecule has 4 heteroatoms. The van der Waals surface area contributed by atoms with Crippen LogP contribution in [0.1, 0.15) is 5.56 Å². The summed E-state index contributed by atoms with van der Waals surface area (Å²) >= 11 is 0. The van der Waals surface area contributed by atoms with Crippen LogP contribution in [0.4, 0.5) is 11.4 Å². The summed E-state index contributed by atoms with van der Waals surface area (Å²) in [5, 5.41) is 10.9. The van der Waals surface area contributed by atoms with Gasteiger partial charge in [0.2, 0.25) is 6.41 Å². The second-order valence-corrected chi connectivity index (χ2v) is 2.18. The van der Waals surface area contributed by atoms with Crippen LogP contribution in [0, 0.1) is 11.3 Å². The molecule has 1 rings (SSSR count). The fourth-order valence-corrected chi connectivity index (χ4v) is 0.814. The number of rotatable bonds is 2. The summed E-state index contributed by atoms with van der Waals surface area (Å²) in [6, 6.07) is 6.62. The predicted molar refractivity (Wildman–Crippen MR) is 45.3 cm³/mol. The molecule has 1 aromatic rings. The van der Waals surface area contributed by atoms with E-state index in [2.05, 4.69) is 5.32 Å². The zero-order chi connectivity index (χ0) is 8.97. The number of hydrogen-bond donors (Lipinski definition) is 2. The molecular formula is C8H7N3O. The molecule has 0 saturated carbocycles. The zero-order valence-corrected chi connectivity index (χ0v) is 6.24. The van der Waals surface area contributed by atoms with E-state index < -0.39 is 0 Å². The van der Waals surface area contributed by atoms with Crippen molar-refractivity contribution >= 4 is 17.8 Å². The summed E-state index contributed by atoms with van der Waals surface area (Å²) in [7, 11) is 0. The number of carbonyl (C=O) groups excluding carboxylic acids is 1. The summed E-state index contributed by atoms with van der Waals surface area (Å²) < 4.78 is 0. The van der Waals surface area contributed by atoms with Gasteiger partial charge in [-0.2, -0.15) is 5.26 Å². The van der Waals surface area contributed by atoms with E-state index >= 15 is 0 Å². The lowest BCUT2D eigenvalue weighted by Gasteiger charge is -2.02. The average Bonchev–Trinajstić information content (AvgIpc) is 2.09. The number of nitrogens with one attached hydrogen (secondary N) is 1. The van der Waals surface area contributed by atoms with E-state index in [-0.39, 0.29) is 0 Å². The Balaban J connectivity index is 3.09. The first-order valence-corrected chi connectivity index (χ1v) is 3.27. The Kier molecular flexibility index (Phi) is 2.29. The highest BCUT2D eigenvalue weighted by atomic mass is 16.1. The minimum Gasteiger partial charge on any atom is -0.397 e. The van der Waals surface area contributed by atoms with Crippen LogP contribution in [0.15, 0.2) is 18.2 Å². The molecule has 1 amide bonds. The van der Waals surface area contributed by atoms with Gasteiger partial charge in [0.05, 0.1) is 23.0 Å². The molecule has 12 heavy (non-hydrogen) atoms. The molecule has 0 bridgehead atoms. The monoisotopic (exact) mass is 161 g/mol. The van der Waals surface area contributed by atoms with E-state index in [9.17, 15) is 4.79 Å². The summed E-state index contributed by atoms with van der Waals surface area (Å²) in [6.45, 7) is 0. The third kappa shape index (κ3) is 1.52. The largest absolute Gasteiger partial charge is 0.397 e. The summed E-state index contributed by atoms with van der Waals surface area (Å²) in [6.07, 6.45) is 0.521. The number of nitrogen functional groups attached to an aromatic ring is 1. The van der Waals surface area contributed by atoms with E-state index in [1.54, 1.807) is 12.1 Å². The van der Waals surface area contributed by atoms with Crippen molar-refractivity contribution in [2.24, 2.45) is 0 Å². The van der Waals surface area contributed by atoms with Gasteiger partial charge in [0.1, 0.15) is 0 Å². The lowest BCUT2D eigenvalue weighted by molar-refractivity contribution is -0.105. The molecule has 0 aliphatic carbocycles. The topological polar surface area (TPSA) is 78.9 Å². The molecule has 0 unspecified atom stereocenters. The molecule has 0 saturated heterocycles. The number of hydrogen-bond acceptors (Lipinski definition) is 3. The van der Waals surface area contributed by atoms with E-state index in [1.165, 1.54) is 6.07 Å². The Morgan fingerprint density at radius 3 is 2.92 bits per heavy atom. The maximum absolute atomic E-state index is 10.1. The van der Waals surface area contributed by atoms with Crippen molar-refractivity contribution in [2.45, 2.75) is 0 Å². The number of nitriles is 1. The molecule has 60 valence electrons. The zero-order valence-electron chi connectivity index (χ0n) is 6.24. The third-order valence-electron chi connectivity index (χ3n) is 1.40. The van der Waals surface area contributed by atoms with Crippen LogP contribution in [0.2, 0.25) is 0 Å². The van der Waals surface area contributed by atoms with Crippen LogP contribution in [-0.4, -0.2) is 6.41 Å². The Morgan fingerprint density at radius 1 is 1.58 bits per heavy atom. The molecule has 0 aliphatic heterocycles. The lowest BCUT2D eigenvalue weighted by Crippen LogP contribution is -1.99. The highest BCUT2D eigenvalue weighted by Gasteiger charge is 1.98. The van der Waals surface area contributed by atoms with Crippen molar-refractivity contribution in [2.75, 3.05) is 11.1 Å². The quantitative estimate of drug-likeness (QED) is 0.495. The van der Waals surface area contributed by atoms with Crippen LogP contribution in [0.5, 0.6) is 0 Å². The molecule has 0 aromatic heterocycles. The highest BCUT2D eigenvalue weighted by molar-refractivity contribution is 5.80. The van der Waals surface area contributed by atoms with Crippen molar-refractivity contribution in [1.29, 1.82) is 5.26 Å². The maximum Gasteiger partial charge on any atom is 0.211 e. The number of anilines is 2. The van der Waals surface area contributed by atoms with Crippen LogP contribution in [-0.2, 0) is 4.79 Å². The predicted octanol–water partition coefficient (Wildman–Crippen LogP) is 0.709. The van der Waals surface area contributed by atoms with Gasteiger partial charge >= 0.3 is 0 Å². The summed E-state index contributed by atoms with van der Waals surface area (Å²) in [4.78, 5) is 10.1. The molecule has 0 atom stereocenters. The van der Waals surface area contributed by atoms with E-state index in [0.717, 1.165) is 0 Å². The highest BCUT2D eigenvalue weighted by Crippen LogP contribution is 2.18. The van der Waals surface area contributed by atoms with Crippen molar-refractivity contribution in [3.63, 3.8) is 0 Å². The Labute approximate surface area is 69.6 Å². The van der Waals surface area contributed by atoms with Gasteiger partial charge in [0.25, 0.3) is 0 Å². The van der Waals surface area contributed by atoms with E-state index in [4.69, 9.17) is 11.0 Å². The maximum atomic E-state index is 10.1. The molecule has 3 N–H and O–H groups in total. The average molecular weight is 161 g/mol. The van der Waals surface area contributed by atoms with Crippen LogP contribution < -0.4 is 11.1 Å². The Morgan fingerprint density at radius 2 is 2.33 bits per heavy atom. The summed E-state index contributed by atoms with van der Waals surface area (Å²) in [5.74, 6) is 0. The number of amides is 1. The molecule has 1 aromatic carbocycles. The van der Waals surface area contributed by atoms with E-state index in [1.807, 2.05) is 6.07 Å². The van der Waals surface area contributed by atoms with E-state index in [0.29, 0.717) is 23.3 Å². The van der Waals surface area contributed by atoms with Crippen LogP contribution >= 0.6 is 0 Å². The van der Waals surface area contributed by atoms with Crippen LogP contribution in [0.3, 0.4) is 0 Å². The second-order valence-electron chi connectivity index (χ2n) is 2.18. The van der Waals surface area contributed by atoms with Gasteiger partial charge in [-0.3, -0.25) is 4.79 Å². The van der Waals surface area contributed by atoms with Gasteiger partial charge in [0, 0.05) is 0 Å². The minimum atomic E-state index is 0.445. The molecule has 0 aliphatic rings. The van der Waals surface area contributed by atoms with Gasteiger partial charge < -0.3 is 11.1 Å². The molecule has 4 nitrogen and oxygen atoms in total. The standard InChI is InChI=1S/C8H7N3O/c9-4-6-1-2-7(10)8(3-6)11-5-12/h1-3,5H,10H2,(H,11,12). The first-order chi connectivity index (χ1) is 5.77. The van der Waals surface area contributed by atoms with Gasteiger partial charge in [-0.1, -0.05) is 0 Å². The Bertz CT molecular complexity index is 341. The van der Waals surface area contributed by atoms with Crippen molar-refractivity contribution in [3.05, 3.63) is 23.8 Å². The van der Waals surface area contributed by atoms with Gasteiger partial charge in [-0.25, -0.2) is 0 Å². The smallest absolute Gasteiger partial charge is 0.211 e.